The molecule has 1 aliphatic rings. The standard InChI is InChI=1S/C13H21N3O4/c1-19-6-7-20-11-2-4-16(5-3-11)9-10-8-14-15-12(10)13(17)18/h8,11H,2-7,9H2,1H3,(H,14,15)(H,17,18). The van der Waals surface area contributed by atoms with E-state index in [9.17, 15) is 4.79 Å². The zero-order valence-electron chi connectivity index (χ0n) is 11.7. The topological polar surface area (TPSA) is 87.7 Å². The first kappa shape index (κ1) is 15.0. The molecule has 0 bridgehead atoms. The van der Waals surface area contributed by atoms with Crippen LogP contribution >= 0.6 is 0 Å². The molecule has 7 nitrogen and oxygen atoms in total. The van der Waals surface area contributed by atoms with Crippen molar-refractivity contribution in [1.82, 2.24) is 15.1 Å². The predicted octanol–water partition coefficient (Wildman–Crippen LogP) is 0.735. The highest BCUT2D eigenvalue weighted by molar-refractivity contribution is 5.86. The van der Waals surface area contributed by atoms with E-state index in [2.05, 4.69) is 15.1 Å². The molecule has 0 atom stereocenters. The van der Waals surface area contributed by atoms with Gasteiger partial charge in [-0.25, -0.2) is 4.79 Å². The molecule has 20 heavy (non-hydrogen) atoms. The minimum atomic E-state index is -0.963. The Balaban J connectivity index is 1.76. The van der Waals surface area contributed by atoms with Gasteiger partial charge in [0.05, 0.1) is 25.5 Å². The highest BCUT2D eigenvalue weighted by atomic mass is 16.5. The molecular weight excluding hydrogens is 262 g/mol. The summed E-state index contributed by atoms with van der Waals surface area (Å²) in [7, 11) is 1.66. The van der Waals surface area contributed by atoms with Crippen molar-refractivity contribution >= 4 is 5.97 Å². The number of aromatic amines is 1. The summed E-state index contributed by atoms with van der Waals surface area (Å²) in [6.45, 7) is 3.68. The Morgan fingerprint density at radius 2 is 2.25 bits per heavy atom. The summed E-state index contributed by atoms with van der Waals surface area (Å²) in [4.78, 5) is 13.2. The fourth-order valence-electron chi connectivity index (χ4n) is 2.39. The number of nitrogens with zero attached hydrogens (tertiary/aromatic N) is 2. The summed E-state index contributed by atoms with van der Waals surface area (Å²) in [5, 5.41) is 15.4. The number of hydrogen-bond donors (Lipinski definition) is 2. The summed E-state index contributed by atoms with van der Waals surface area (Å²) < 4.78 is 10.7. The Morgan fingerprint density at radius 1 is 1.50 bits per heavy atom. The molecule has 0 radical (unpaired) electrons. The number of piperidine rings is 1. The number of hydrogen-bond acceptors (Lipinski definition) is 5. The average Bonchev–Trinajstić information content (AvgIpc) is 2.89. The number of carboxylic acid groups (broad SMARTS) is 1. The molecule has 0 unspecified atom stereocenters. The van der Waals surface area contributed by atoms with Crippen LogP contribution < -0.4 is 0 Å². The monoisotopic (exact) mass is 283 g/mol. The Bertz CT molecular complexity index is 427. The normalized spacial score (nSPS) is 17.4. The van der Waals surface area contributed by atoms with E-state index in [-0.39, 0.29) is 11.8 Å². The summed E-state index contributed by atoms with van der Waals surface area (Å²) in [5.74, 6) is -0.963. The van der Waals surface area contributed by atoms with Crippen LogP contribution in [0, 0.1) is 0 Å². The molecule has 2 heterocycles. The number of nitrogens with one attached hydrogen (secondary N) is 1. The van der Waals surface area contributed by atoms with Crippen LogP contribution in [-0.4, -0.2) is 65.7 Å². The number of carbonyl (C=O) groups is 1. The Kier molecular flexibility index (Phi) is 5.51. The molecule has 1 aliphatic heterocycles. The van der Waals surface area contributed by atoms with Gasteiger partial charge in [-0.2, -0.15) is 5.10 Å². The zero-order chi connectivity index (χ0) is 14.4. The predicted molar refractivity (Wildman–Crippen MR) is 71.7 cm³/mol. The molecule has 0 saturated carbocycles. The fraction of sp³-hybridized carbons (Fsp3) is 0.692. The Hall–Kier alpha value is -1.44. The number of carboxylic acids is 1. The van der Waals surface area contributed by atoms with Gasteiger partial charge in [-0.1, -0.05) is 0 Å². The largest absolute Gasteiger partial charge is 0.477 e. The van der Waals surface area contributed by atoms with E-state index in [0.717, 1.165) is 31.5 Å². The first-order valence-electron chi connectivity index (χ1n) is 6.79. The molecule has 0 aromatic carbocycles. The van der Waals surface area contributed by atoms with Crippen molar-refractivity contribution in [1.29, 1.82) is 0 Å². The van der Waals surface area contributed by atoms with E-state index in [1.54, 1.807) is 13.3 Å². The summed E-state index contributed by atoms with van der Waals surface area (Å²) in [6, 6.07) is 0. The van der Waals surface area contributed by atoms with Gasteiger partial charge >= 0.3 is 5.97 Å². The number of aromatic carboxylic acids is 1. The van der Waals surface area contributed by atoms with Gasteiger partial charge in [0.2, 0.25) is 0 Å². The van der Waals surface area contributed by atoms with E-state index >= 15 is 0 Å². The molecule has 112 valence electrons. The molecular formula is C13H21N3O4. The van der Waals surface area contributed by atoms with Crippen LogP contribution in [0.1, 0.15) is 28.9 Å². The molecule has 1 fully saturated rings. The Labute approximate surface area is 117 Å². The third-order valence-corrected chi connectivity index (χ3v) is 3.50. The van der Waals surface area contributed by atoms with E-state index < -0.39 is 5.97 Å². The van der Waals surface area contributed by atoms with Crippen LogP contribution in [0.4, 0.5) is 0 Å². The fourth-order valence-corrected chi connectivity index (χ4v) is 2.39. The molecule has 1 saturated heterocycles. The smallest absolute Gasteiger partial charge is 0.354 e. The first-order valence-corrected chi connectivity index (χ1v) is 6.79. The zero-order valence-corrected chi connectivity index (χ0v) is 11.7. The molecule has 2 rings (SSSR count). The van der Waals surface area contributed by atoms with E-state index in [1.807, 2.05) is 0 Å². The number of rotatable bonds is 7. The van der Waals surface area contributed by atoms with Crippen LogP contribution in [0.25, 0.3) is 0 Å². The second-order valence-corrected chi connectivity index (χ2v) is 4.91. The lowest BCUT2D eigenvalue weighted by atomic mass is 10.1. The molecule has 0 spiro atoms. The number of likely N-dealkylation sites (tertiary alicyclic amines) is 1. The third-order valence-electron chi connectivity index (χ3n) is 3.50. The number of methoxy groups -OCH3 is 1. The van der Waals surface area contributed by atoms with Crippen LogP contribution in [-0.2, 0) is 16.0 Å². The Morgan fingerprint density at radius 3 is 2.90 bits per heavy atom. The second kappa shape index (κ2) is 7.37. The van der Waals surface area contributed by atoms with Crippen molar-refractivity contribution in [2.75, 3.05) is 33.4 Å². The van der Waals surface area contributed by atoms with Crippen molar-refractivity contribution in [3.8, 4) is 0 Å². The summed E-state index contributed by atoms with van der Waals surface area (Å²) in [5.41, 5.74) is 0.916. The lowest BCUT2D eigenvalue weighted by Gasteiger charge is -2.31. The van der Waals surface area contributed by atoms with E-state index in [4.69, 9.17) is 14.6 Å². The maximum Gasteiger partial charge on any atom is 0.354 e. The number of H-pyrrole nitrogens is 1. The maximum atomic E-state index is 11.0. The maximum absolute atomic E-state index is 11.0. The van der Waals surface area contributed by atoms with Crippen molar-refractivity contribution in [3.63, 3.8) is 0 Å². The van der Waals surface area contributed by atoms with Crippen molar-refractivity contribution in [3.05, 3.63) is 17.5 Å². The third kappa shape index (κ3) is 4.03. The van der Waals surface area contributed by atoms with E-state index in [1.165, 1.54) is 0 Å². The average molecular weight is 283 g/mol. The van der Waals surface area contributed by atoms with Crippen molar-refractivity contribution < 1.29 is 19.4 Å². The lowest BCUT2D eigenvalue weighted by molar-refractivity contribution is -0.0158. The lowest BCUT2D eigenvalue weighted by Crippen LogP contribution is -2.37. The van der Waals surface area contributed by atoms with Crippen LogP contribution in [0.2, 0.25) is 0 Å². The molecule has 1 aromatic rings. The van der Waals surface area contributed by atoms with Gasteiger partial charge in [0.25, 0.3) is 0 Å². The SMILES string of the molecule is COCCOC1CCN(Cc2cn[nH]c2C(=O)O)CC1. The van der Waals surface area contributed by atoms with Gasteiger partial charge in [0.15, 0.2) is 0 Å². The van der Waals surface area contributed by atoms with Gasteiger partial charge in [0, 0.05) is 32.3 Å². The summed E-state index contributed by atoms with van der Waals surface area (Å²) in [6.07, 6.45) is 3.79. The quantitative estimate of drug-likeness (QED) is 0.717. The minimum Gasteiger partial charge on any atom is -0.477 e. The number of aromatic nitrogens is 2. The van der Waals surface area contributed by atoms with Crippen LogP contribution in [0.15, 0.2) is 6.20 Å². The first-order chi connectivity index (χ1) is 9.70. The highest BCUT2D eigenvalue weighted by Crippen LogP contribution is 2.17. The molecule has 0 aliphatic carbocycles. The number of ether oxygens (including phenoxy) is 2. The molecule has 0 amide bonds. The van der Waals surface area contributed by atoms with Gasteiger partial charge in [-0.3, -0.25) is 10.00 Å². The van der Waals surface area contributed by atoms with E-state index in [0.29, 0.717) is 19.8 Å². The van der Waals surface area contributed by atoms with Crippen LogP contribution in [0.3, 0.4) is 0 Å². The summed E-state index contributed by atoms with van der Waals surface area (Å²) >= 11 is 0. The van der Waals surface area contributed by atoms with Crippen LogP contribution in [0.5, 0.6) is 0 Å². The minimum absolute atomic E-state index is 0.184. The molecule has 1 aromatic heterocycles. The van der Waals surface area contributed by atoms with Crippen molar-refractivity contribution in [2.24, 2.45) is 0 Å². The highest BCUT2D eigenvalue weighted by Gasteiger charge is 2.22. The van der Waals surface area contributed by atoms with Gasteiger partial charge < -0.3 is 14.6 Å². The molecule has 7 heteroatoms. The second-order valence-electron chi connectivity index (χ2n) is 4.91. The van der Waals surface area contributed by atoms with Crippen molar-refractivity contribution in [2.45, 2.75) is 25.5 Å². The van der Waals surface area contributed by atoms with Gasteiger partial charge in [0.1, 0.15) is 5.69 Å². The van der Waals surface area contributed by atoms with Gasteiger partial charge in [-0.15, -0.1) is 0 Å². The van der Waals surface area contributed by atoms with Gasteiger partial charge in [-0.05, 0) is 12.8 Å². The molecule has 2 N–H and O–H groups in total.